The van der Waals surface area contributed by atoms with E-state index >= 15 is 0 Å². The molecule has 0 amide bonds. The topological polar surface area (TPSA) is 58.5 Å². The minimum Gasteiger partial charge on any atom is -0.361 e. The van der Waals surface area contributed by atoms with Gasteiger partial charge >= 0.3 is 0 Å². The number of hydrogen-bond donors (Lipinski definition) is 2. The number of H-pyrrole nitrogens is 1. The summed E-state index contributed by atoms with van der Waals surface area (Å²) in [6.07, 6.45) is 11.8. The predicted octanol–water partition coefficient (Wildman–Crippen LogP) is 4.54. The number of aryl methyl sites for hydroxylation is 1. The van der Waals surface area contributed by atoms with Gasteiger partial charge < -0.3 is 10.3 Å². The van der Waals surface area contributed by atoms with E-state index in [0.29, 0.717) is 0 Å². The zero-order valence-electron chi connectivity index (χ0n) is 17.3. The van der Waals surface area contributed by atoms with Crippen molar-refractivity contribution in [3.63, 3.8) is 0 Å². The number of fused-ring (bicyclic) bond motifs is 1. The number of aromatic amines is 1. The van der Waals surface area contributed by atoms with Gasteiger partial charge in [0.25, 0.3) is 0 Å². The molecular weight excluding hydrogens is 370 g/mol. The standard InChI is InChI=1S/C25H29N5/c1-2-4-19(5-3-1)14-21(20-10-12-26-13-11-20)6-7-22-16-27-25-9-8-23(15-24(22)25)30-17-28-29-18-30/h1-5,8-9,15-18,20-21,26-27H,6-7,10-14H2. The summed E-state index contributed by atoms with van der Waals surface area (Å²) in [7, 11) is 0. The van der Waals surface area contributed by atoms with Crippen molar-refractivity contribution >= 4 is 10.9 Å². The Balaban J connectivity index is 1.36. The van der Waals surface area contributed by atoms with Gasteiger partial charge in [0.05, 0.1) is 0 Å². The zero-order chi connectivity index (χ0) is 20.2. The number of piperidine rings is 1. The Morgan fingerprint density at radius 3 is 2.60 bits per heavy atom. The summed E-state index contributed by atoms with van der Waals surface area (Å²) < 4.78 is 1.96. The van der Waals surface area contributed by atoms with E-state index in [1.807, 2.05) is 4.57 Å². The summed E-state index contributed by atoms with van der Waals surface area (Å²) in [5, 5.41) is 12.7. The van der Waals surface area contributed by atoms with E-state index in [2.05, 4.69) is 75.2 Å². The van der Waals surface area contributed by atoms with Crippen LogP contribution < -0.4 is 5.32 Å². The zero-order valence-corrected chi connectivity index (χ0v) is 17.3. The molecule has 30 heavy (non-hydrogen) atoms. The van der Waals surface area contributed by atoms with Crippen LogP contribution in [0.2, 0.25) is 0 Å². The molecule has 154 valence electrons. The molecule has 0 bridgehead atoms. The van der Waals surface area contributed by atoms with Crippen molar-refractivity contribution in [2.75, 3.05) is 13.1 Å². The number of benzene rings is 2. The molecule has 3 heterocycles. The van der Waals surface area contributed by atoms with Crippen LogP contribution in [0.5, 0.6) is 0 Å². The molecule has 1 aliphatic rings. The molecule has 1 atom stereocenters. The summed E-state index contributed by atoms with van der Waals surface area (Å²) in [6, 6.07) is 17.5. The first kappa shape index (κ1) is 19.1. The maximum atomic E-state index is 3.94. The van der Waals surface area contributed by atoms with Gasteiger partial charge in [0, 0.05) is 22.8 Å². The fraction of sp³-hybridized carbons (Fsp3) is 0.360. The number of aromatic nitrogens is 4. The Hall–Kier alpha value is -2.92. The largest absolute Gasteiger partial charge is 0.361 e. The number of rotatable bonds is 7. The van der Waals surface area contributed by atoms with Crippen LogP contribution >= 0.6 is 0 Å². The van der Waals surface area contributed by atoms with Crippen molar-refractivity contribution < 1.29 is 0 Å². The summed E-state index contributed by atoms with van der Waals surface area (Å²) in [6.45, 7) is 2.32. The summed E-state index contributed by atoms with van der Waals surface area (Å²) in [4.78, 5) is 3.46. The maximum Gasteiger partial charge on any atom is 0.123 e. The normalized spacial score (nSPS) is 16.1. The van der Waals surface area contributed by atoms with E-state index in [-0.39, 0.29) is 0 Å². The van der Waals surface area contributed by atoms with E-state index in [1.54, 1.807) is 12.7 Å². The van der Waals surface area contributed by atoms with Gasteiger partial charge in [-0.1, -0.05) is 30.3 Å². The molecule has 2 aromatic carbocycles. The van der Waals surface area contributed by atoms with Crippen LogP contribution in [0, 0.1) is 11.8 Å². The van der Waals surface area contributed by atoms with Gasteiger partial charge in [-0.25, -0.2) is 0 Å². The molecule has 2 N–H and O–H groups in total. The fourth-order valence-corrected chi connectivity index (χ4v) is 4.95. The smallest absolute Gasteiger partial charge is 0.123 e. The third-order valence-electron chi connectivity index (χ3n) is 6.64. The van der Waals surface area contributed by atoms with Crippen molar-refractivity contribution in [3.8, 4) is 5.69 Å². The first-order chi connectivity index (χ1) is 14.9. The molecule has 0 radical (unpaired) electrons. The second-order valence-electron chi connectivity index (χ2n) is 8.49. The maximum absolute atomic E-state index is 3.94. The highest BCUT2D eigenvalue weighted by Gasteiger charge is 2.24. The summed E-state index contributed by atoms with van der Waals surface area (Å²) in [5.74, 6) is 1.53. The SMILES string of the molecule is c1ccc(CC(CCc2c[nH]c3ccc(-n4cnnc4)cc23)C2CCNCC2)cc1. The highest BCUT2D eigenvalue weighted by atomic mass is 15.2. The molecule has 0 aliphatic carbocycles. The molecule has 1 aliphatic heterocycles. The third-order valence-corrected chi connectivity index (χ3v) is 6.64. The van der Waals surface area contributed by atoms with Gasteiger partial charge in [-0.2, -0.15) is 0 Å². The second-order valence-corrected chi connectivity index (χ2v) is 8.49. The molecule has 0 saturated carbocycles. The molecule has 2 aromatic heterocycles. The van der Waals surface area contributed by atoms with Crippen molar-refractivity contribution in [2.45, 2.75) is 32.1 Å². The van der Waals surface area contributed by atoms with Crippen LogP contribution in [0.3, 0.4) is 0 Å². The van der Waals surface area contributed by atoms with Crippen LogP contribution in [0.4, 0.5) is 0 Å². The lowest BCUT2D eigenvalue weighted by Gasteiger charge is -2.31. The minimum atomic E-state index is 0.723. The number of nitrogens with zero attached hydrogens (tertiary/aromatic N) is 3. The van der Waals surface area contributed by atoms with Crippen molar-refractivity contribution in [1.82, 2.24) is 25.1 Å². The van der Waals surface area contributed by atoms with E-state index in [1.165, 1.54) is 47.7 Å². The van der Waals surface area contributed by atoms with Crippen LogP contribution in [-0.2, 0) is 12.8 Å². The predicted molar refractivity (Wildman–Crippen MR) is 121 cm³/mol. The first-order valence-electron chi connectivity index (χ1n) is 11.1. The van der Waals surface area contributed by atoms with Gasteiger partial charge in [-0.3, -0.25) is 4.57 Å². The molecule has 0 spiro atoms. The molecule has 1 fully saturated rings. The van der Waals surface area contributed by atoms with Crippen molar-refractivity contribution in [1.29, 1.82) is 0 Å². The van der Waals surface area contributed by atoms with Crippen molar-refractivity contribution in [2.24, 2.45) is 11.8 Å². The summed E-state index contributed by atoms with van der Waals surface area (Å²) in [5.41, 5.74) is 5.18. The van der Waals surface area contributed by atoms with E-state index in [4.69, 9.17) is 0 Å². The van der Waals surface area contributed by atoms with Gasteiger partial charge in [-0.05, 0) is 86.4 Å². The van der Waals surface area contributed by atoms with Gasteiger partial charge in [0.1, 0.15) is 12.7 Å². The molecular formula is C25H29N5. The molecule has 5 nitrogen and oxygen atoms in total. The molecule has 1 saturated heterocycles. The van der Waals surface area contributed by atoms with Crippen LogP contribution in [0.1, 0.15) is 30.4 Å². The van der Waals surface area contributed by atoms with Crippen LogP contribution in [0.25, 0.3) is 16.6 Å². The molecule has 1 unspecified atom stereocenters. The average Bonchev–Trinajstić information content (AvgIpc) is 3.48. The van der Waals surface area contributed by atoms with E-state index < -0.39 is 0 Å². The Labute approximate surface area is 177 Å². The summed E-state index contributed by atoms with van der Waals surface area (Å²) >= 11 is 0. The van der Waals surface area contributed by atoms with Crippen LogP contribution in [-0.4, -0.2) is 32.8 Å². The third kappa shape index (κ3) is 4.17. The number of hydrogen-bond acceptors (Lipinski definition) is 3. The van der Waals surface area contributed by atoms with Crippen LogP contribution in [0.15, 0.2) is 67.4 Å². The van der Waals surface area contributed by atoms with Gasteiger partial charge in [0.15, 0.2) is 0 Å². The van der Waals surface area contributed by atoms with Gasteiger partial charge in [0.2, 0.25) is 0 Å². The van der Waals surface area contributed by atoms with E-state index in [9.17, 15) is 0 Å². The quantitative estimate of drug-likeness (QED) is 0.480. The Bertz CT molecular complexity index is 1060. The lowest BCUT2D eigenvalue weighted by atomic mass is 9.78. The van der Waals surface area contributed by atoms with E-state index in [0.717, 1.165) is 37.0 Å². The monoisotopic (exact) mass is 399 g/mol. The second kappa shape index (κ2) is 8.84. The first-order valence-corrected chi connectivity index (χ1v) is 11.1. The lowest BCUT2D eigenvalue weighted by Crippen LogP contribution is -2.32. The number of nitrogens with one attached hydrogen (secondary N) is 2. The van der Waals surface area contributed by atoms with Gasteiger partial charge in [-0.15, -0.1) is 10.2 Å². The lowest BCUT2D eigenvalue weighted by molar-refractivity contribution is 0.245. The molecule has 5 heteroatoms. The Morgan fingerprint density at radius 2 is 1.80 bits per heavy atom. The minimum absolute atomic E-state index is 0.723. The Morgan fingerprint density at radius 1 is 1.00 bits per heavy atom. The van der Waals surface area contributed by atoms with Crippen molar-refractivity contribution in [3.05, 3.63) is 78.5 Å². The molecule has 5 rings (SSSR count). The fourth-order valence-electron chi connectivity index (χ4n) is 4.95. The Kier molecular flexibility index (Phi) is 5.62. The highest BCUT2D eigenvalue weighted by Crippen LogP contribution is 2.31. The molecule has 4 aromatic rings. The average molecular weight is 400 g/mol. The highest BCUT2D eigenvalue weighted by molar-refractivity contribution is 5.85.